The Kier molecular flexibility index (Phi) is 7.45. The summed E-state index contributed by atoms with van der Waals surface area (Å²) >= 11 is 0. The monoisotopic (exact) mass is 405 g/mol. The van der Waals surface area contributed by atoms with Crippen molar-refractivity contribution in [3.63, 3.8) is 0 Å². The number of rotatable bonds is 7. The molecule has 0 bridgehead atoms. The molecule has 30 heavy (non-hydrogen) atoms. The second-order valence-corrected chi connectivity index (χ2v) is 7.59. The summed E-state index contributed by atoms with van der Waals surface area (Å²) in [6, 6.07) is 18.8. The molecule has 1 aliphatic heterocycles. The van der Waals surface area contributed by atoms with Crippen LogP contribution in [-0.2, 0) is 16.1 Å². The lowest BCUT2D eigenvalue weighted by Crippen LogP contribution is -2.46. The number of para-hydroxylation sites is 1. The molecule has 2 amide bonds. The third-order valence-corrected chi connectivity index (χ3v) is 5.33. The number of carbonyl (C=O) groups is 2. The third kappa shape index (κ3) is 5.84. The van der Waals surface area contributed by atoms with Crippen LogP contribution in [0.4, 0.5) is 0 Å². The first-order chi connectivity index (χ1) is 14.6. The lowest BCUT2D eigenvalue weighted by Gasteiger charge is -2.34. The molecular formula is C24H27N3O3. The molecular weight excluding hydrogens is 378 g/mol. The fraction of sp³-hybridized carbons (Fsp3) is 0.375. The molecule has 2 aromatic rings. The fourth-order valence-corrected chi connectivity index (χ4v) is 3.68. The zero-order chi connectivity index (χ0) is 21.3. The van der Waals surface area contributed by atoms with Gasteiger partial charge in [0, 0.05) is 26.7 Å². The number of ether oxygens (including phenoxy) is 1. The van der Waals surface area contributed by atoms with Gasteiger partial charge in [-0.3, -0.25) is 9.59 Å². The van der Waals surface area contributed by atoms with Crippen molar-refractivity contribution >= 4 is 11.8 Å². The minimum atomic E-state index is -0.180. The molecule has 1 heterocycles. The highest BCUT2D eigenvalue weighted by Crippen LogP contribution is 2.20. The van der Waals surface area contributed by atoms with Gasteiger partial charge in [0.05, 0.1) is 30.6 Å². The Bertz CT molecular complexity index is 890. The van der Waals surface area contributed by atoms with E-state index >= 15 is 0 Å². The normalized spacial score (nSPS) is 15.9. The summed E-state index contributed by atoms with van der Waals surface area (Å²) in [5, 5.41) is 8.90. The van der Waals surface area contributed by atoms with Gasteiger partial charge >= 0.3 is 0 Å². The van der Waals surface area contributed by atoms with Gasteiger partial charge in [0.1, 0.15) is 5.75 Å². The van der Waals surface area contributed by atoms with E-state index in [4.69, 9.17) is 10.00 Å². The van der Waals surface area contributed by atoms with Crippen LogP contribution in [0.5, 0.6) is 5.75 Å². The first-order valence-electron chi connectivity index (χ1n) is 10.3. The number of benzene rings is 2. The van der Waals surface area contributed by atoms with Crippen LogP contribution < -0.4 is 4.74 Å². The molecule has 156 valence electrons. The van der Waals surface area contributed by atoms with Crippen LogP contribution in [0.15, 0.2) is 54.6 Å². The summed E-state index contributed by atoms with van der Waals surface area (Å²) in [5.41, 5.74) is 1.58. The van der Waals surface area contributed by atoms with Gasteiger partial charge in [-0.2, -0.15) is 5.26 Å². The van der Waals surface area contributed by atoms with E-state index in [0.717, 1.165) is 24.2 Å². The Morgan fingerprint density at radius 3 is 2.60 bits per heavy atom. The maximum Gasteiger partial charge on any atom is 0.227 e. The largest absolute Gasteiger partial charge is 0.493 e. The molecule has 1 unspecified atom stereocenters. The van der Waals surface area contributed by atoms with Gasteiger partial charge in [-0.15, -0.1) is 0 Å². The lowest BCUT2D eigenvalue weighted by atomic mass is 9.96. The molecule has 0 aliphatic carbocycles. The maximum absolute atomic E-state index is 12.9. The van der Waals surface area contributed by atoms with E-state index in [1.54, 1.807) is 29.0 Å². The van der Waals surface area contributed by atoms with Crippen LogP contribution in [0.3, 0.4) is 0 Å². The highest BCUT2D eigenvalue weighted by molar-refractivity contribution is 5.81. The second kappa shape index (κ2) is 10.4. The van der Waals surface area contributed by atoms with E-state index in [-0.39, 0.29) is 17.7 Å². The smallest absolute Gasteiger partial charge is 0.227 e. The van der Waals surface area contributed by atoms with Crippen LogP contribution in [0.1, 0.15) is 30.4 Å². The molecule has 2 aromatic carbocycles. The van der Waals surface area contributed by atoms with Gasteiger partial charge in [0.25, 0.3) is 0 Å². The van der Waals surface area contributed by atoms with E-state index < -0.39 is 0 Å². The quantitative estimate of drug-likeness (QED) is 0.709. The summed E-state index contributed by atoms with van der Waals surface area (Å²) in [6.45, 7) is 1.96. The molecule has 0 saturated carbocycles. The van der Waals surface area contributed by atoms with Crippen molar-refractivity contribution in [2.45, 2.75) is 25.8 Å². The van der Waals surface area contributed by atoms with Crippen LogP contribution in [0.25, 0.3) is 0 Å². The van der Waals surface area contributed by atoms with Crippen molar-refractivity contribution in [3.05, 3.63) is 65.7 Å². The van der Waals surface area contributed by atoms with E-state index in [2.05, 4.69) is 6.07 Å². The van der Waals surface area contributed by atoms with Gasteiger partial charge in [0.15, 0.2) is 0 Å². The van der Waals surface area contributed by atoms with Gasteiger partial charge in [-0.25, -0.2) is 0 Å². The molecule has 0 N–H and O–H groups in total. The number of carbonyl (C=O) groups excluding carboxylic acids is 2. The summed E-state index contributed by atoms with van der Waals surface area (Å²) in [4.78, 5) is 29.0. The van der Waals surface area contributed by atoms with E-state index in [9.17, 15) is 9.59 Å². The summed E-state index contributed by atoms with van der Waals surface area (Å²) in [7, 11) is 1.79. The predicted molar refractivity (Wildman–Crippen MR) is 113 cm³/mol. The first kappa shape index (κ1) is 21.4. The average molecular weight is 405 g/mol. The van der Waals surface area contributed by atoms with Crippen molar-refractivity contribution in [3.8, 4) is 11.8 Å². The van der Waals surface area contributed by atoms with E-state index in [0.29, 0.717) is 38.2 Å². The molecule has 3 rings (SSSR count). The number of hydrogen-bond acceptors (Lipinski definition) is 4. The Labute approximate surface area is 177 Å². The molecule has 6 nitrogen and oxygen atoms in total. The predicted octanol–water partition coefficient (Wildman–Crippen LogP) is 3.22. The van der Waals surface area contributed by atoms with Crippen molar-refractivity contribution < 1.29 is 14.3 Å². The lowest BCUT2D eigenvalue weighted by molar-refractivity contribution is -0.140. The standard InChI is InChI=1S/C24H27N3O3/c1-26(17-20-11-9-19(16-25)10-12-20)24(29)21-6-5-14-27(18-21)23(28)13-15-30-22-7-3-2-4-8-22/h2-4,7-12,21H,5-6,13-15,17-18H2,1H3. The SMILES string of the molecule is CN(Cc1ccc(C#N)cc1)C(=O)C1CCCN(C(=O)CCOc2ccccc2)C1. The Morgan fingerprint density at radius 1 is 1.17 bits per heavy atom. The number of nitriles is 1. The van der Waals surface area contributed by atoms with Gasteiger partial charge in [-0.05, 0) is 42.7 Å². The summed E-state index contributed by atoms with van der Waals surface area (Å²) in [5.74, 6) is 0.651. The molecule has 0 spiro atoms. The van der Waals surface area contributed by atoms with Crippen LogP contribution in [0, 0.1) is 17.2 Å². The minimum absolute atomic E-state index is 0.0261. The maximum atomic E-state index is 12.9. The highest BCUT2D eigenvalue weighted by atomic mass is 16.5. The zero-order valence-corrected chi connectivity index (χ0v) is 17.3. The molecule has 1 saturated heterocycles. The van der Waals surface area contributed by atoms with Gasteiger partial charge in [-0.1, -0.05) is 30.3 Å². The van der Waals surface area contributed by atoms with E-state index in [1.807, 2.05) is 42.5 Å². The summed E-state index contributed by atoms with van der Waals surface area (Å²) in [6.07, 6.45) is 1.92. The molecule has 1 fully saturated rings. The molecule has 1 atom stereocenters. The fourth-order valence-electron chi connectivity index (χ4n) is 3.68. The van der Waals surface area contributed by atoms with E-state index in [1.165, 1.54) is 0 Å². The number of hydrogen-bond donors (Lipinski definition) is 0. The van der Waals surface area contributed by atoms with Gasteiger partial charge < -0.3 is 14.5 Å². The van der Waals surface area contributed by atoms with Crippen molar-refractivity contribution in [1.82, 2.24) is 9.80 Å². The molecule has 6 heteroatoms. The zero-order valence-electron chi connectivity index (χ0n) is 17.3. The van der Waals surface area contributed by atoms with Crippen molar-refractivity contribution in [2.75, 3.05) is 26.7 Å². The number of amides is 2. The summed E-state index contributed by atoms with van der Waals surface area (Å²) < 4.78 is 5.62. The van der Waals surface area contributed by atoms with Gasteiger partial charge in [0.2, 0.25) is 11.8 Å². The topological polar surface area (TPSA) is 73.6 Å². The Balaban J connectivity index is 1.48. The average Bonchev–Trinajstić information content (AvgIpc) is 2.79. The molecule has 0 aromatic heterocycles. The third-order valence-electron chi connectivity index (χ3n) is 5.33. The molecule has 1 aliphatic rings. The number of likely N-dealkylation sites (tertiary alicyclic amines) is 1. The highest BCUT2D eigenvalue weighted by Gasteiger charge is 2.30. The number of nitrogens with zero attached hydrogens (tertiary/aromatic N) is 3. The minimum Gasteiger partial charge on any atom is -0.493 e. The Hall–Kier alpha value is -3.33. The number of piperidine rings is 1. The van der Waals surface area contributed by atoms with Crippen molar-refractivity contribution in [2.24, 2.45) is 5.92 Å². The van der Waals surface area contributed by atoms with Crippen LogP contribution in [0.2, 0.25) is 0 Å². The second-order valence-electron chi connectivity index (χ2n) is 7.59. The van der Waals surface area contributed by atoms with Crippen molar-refractivity contribution in [1.29, 1.82) is 5.26 Å². The Morgan fingerprint density at radius 2 is 1.90 bits per heavy atom. The first-order valence-corrected chi connectivity index (χ1v) is 10.3. The van der Waals surface area contributed by atoms with Crippen LogP contribution in [-0.4, -0.2) is 48.4 Å². The molecule has 0 radical (unpaired) electrons. The van der Waals surface area contributed by atoms with Crippen LogP contribution >= 0.6 is 0 Å².